The SMILES string of the molecule is COc1ccc(CS(=O)(=O)CC(=O)O)cc1OP(=O)(O)O. The van der Waals surface area contributed by atoms with Gasteiger partial charge in [-0.3, -0.25) is 14.6 Å². The van der Waals surface area contributed by atoms with Crippen molar-refractivity contribution in [2.24, 2.45) is 0 Å². The first-order chi connectivity index (χ1) is 9.52. The second-order valence-electron chi connectivity index (χ2n) is 3.99. The average molecular weight is 340 g/mol. The molecule has 0 bridgehead atoms. The molecule has 0 amide bonds. The number of hydrogen-bond acceptors (Lipinski definition) is 6. The molecule has 21 heavy (non-hydrogen) atoms. The molecule has 0 heterocycles. The van der Waals surface area contributed by atoms with Crippen molar-refractivity contribution in [3.05, 3.63) is 23.8 Å². The predicted molar refractivity (Wildman–Crippen MR) is 70.8 cm³/mol. The number of carboxylic acid groups (broad SMARTS) is 1. The van der Waals surface area contributed by atoms with Crippen molar-refractivity contribution in [1.82, 2.24) is 0 Å². The quantitative estimate of drug-likeness (QED) is 0.590. The Kier molecular flexibility index (Phi) is 5.35. The van der Waals surface area contributed by atoms with Gasteiger partial charge < -0.3 is 14.4 Å². The molecule has 0 fully saturated rings. The van der Waals surface area contributed by atoms with Gasteiger partial charge in [-0.1, -0.05) is 6.07 Å². The highest BCUT2D eigenvalue weighted by molar-refractivity contribution is 7.91. The fourth-order valence-electron chi connectivity index (χ4n) is 1.50. The van der Waals surface area contributed by atoms with Crippen molar-refractivity contribution in [3.63, 3.8) is 0 Å². The van der Waals surface area contributed by atoms with Crippen LogP contribution in [0.25, 0.3) is 0 Å². The molecule has 0 saturated heterocycles. The van der Waals surface area contributed by atoms with E-state index in [-0.39, 0.29) is 17.1 Å². The fraction of sp³-hybridized carbons (Fsp3) is 0.300. The zero-order valence-corrected chi connectivity index (χ0v) is 12.5. The van der Waals surface area contributed by atoms with Crippen LogP contribution in [0.1, 0.15) is 5.56 Å². The molecular weight excluding hydrogens is 327 g/mol. The van der Waals surface area contributed by atoms with Gasteiger partial charge in [0.25, 0.3) is 0 Å². The Morgan fingerprint density at radius 1 is 1.29 bits per heavy atom. The maximum atomic E-state index is 11.6. The molecule has 11 heteroatoms. The van der Waals surface area contributed by atoms with Gasteiger partial charge in [-0.2, -0.15) is 0 Å². The van der Waals surface area contributed by atoms with E-state index in [1.54, 1.807) is 0 Å². The van der Waals surface area contributed by atoms with Gasteiger partial charge in [0.15, 0.2) is 21.3 Å². The largest absolute Gasteiger partial charge is 0.524 e. The molecule has 0 saturated carbocycles. The van der Waals surface area contributed by atoms with Crippen LogP contribution in [0, 0.1) is 0 Å². The number of carboxylic acids is 1. The van der Waals surface area contributed by atoms with Crippen LogP contribution < -0.4 is 9.26 Å². The first-order valence-electron chi connectivity index (χ1n) is 5.37. The zero-order valence-electron chi connectivity index (χ0n) is 10.8. The smallest absolute Gasteiger partial charge is 0.493 e. The lowest BCUT2D eigenvalue weighted by Crippen LogP contribution is -2.17. The molecule has 0 aromatic heterocycles. The summed E-state index contributed by atoms with van der Waals surface area (Å²) in [6.07, 6.45) is 0. The van der Waals surface area contributed by atoms with E-state index in [4.69, 9.17) is 19.6 Å². The van der Waals surface area contributed by atoms with Crippen LogP contribution in [0.2, 0.25) is 0 Å². The lowest BCUT2D eigenvalue weighted by molar-refractivity contribution is -0.134. The summed E-state index contributed by atoms with van der Waals surface area (Å²) in [5.74, 6) is -3.49. The van der Waals surface area contributed by atoms with E-state index in [0.717, 1.165) is 6.07 Å². The Hall–Kier alpha value is -1.61. The highest BCUT2D eigenvalue weighted by Gasteiger charge is 2.21. The van der Waals surface area contributed by atoms with Crippen molar-refractivity contribution in [3.8, 4) is 11.5 Å². The zero-order chi connectivity index (χ0) is 16.3. The van der Waals surface area contributed by atoms with Crippen LogP contribution in [0.4, 0.5) is 0 Å². The van der Waals surface area contributed by atoms with E-state index >= 15 is 0 Å². The molecule has 118 valence electrons. The number of hydrogen-bond donors (Lipinski definition) is 3. The predicted octanol–water partition coefficient (Wildman–Crippen LogP) is 0.166. The number of sulfone groups is 1. The van der Waals surface area contributed by atoms with Crippen molar-refractivity contribution < 1.29 is 41.9 Å². The van der Waals surface area contributed by atoms with Crippen LogP contribution in [0.15, 0.2) is 18.2 Å². The summed E-state index contributed by atoms with van der Waals surface area (Å²) in [6, 6.07) is 3.65. The van der Waals surface area contributed by atoms with Crippen molar-refractivity contribution in [1.29, 1.82) is 0 Å². The molecule has 0 spiro atoms. The summed E-state index contributed by atoms with van der Waals surface area (Å²) in [5, 5.41) is 8.49. The number of methoxy groups -OCH3 is 1. The molecule has 3 N–H and O–H groups in total. The molecule has 0 radical (unpaired) electrons. The van der Waals surface area contributed by atoms with Crippen molar-refractivity contribution >= 4 is 23.6 Å². The summed E-state index contributed by atoms with van der Waals surface area (Å²) < 4.78 is 43.2. The minimum absolute atomic E-state index is 0.00212. The summed E-state index contributed by atoms with van der Waals surface area (Å²) in [6.45, 7) is 0. The second-order valence-corrected chi connectivity index (χ2v) is 7.22. The minimum Gasteiger partial charge on any atom is -0.493 e. The number of carbonyl (C=O) groups is 1. The molecule has 9 nitrogen and oxygen atoms in total. The van der Waals surface area contributed by atoms with E-state index < -0.39 is 35.1 Å². The molecule has 0 aliphatic heterocycles. The van der Waals surface area contributed by atoms with Gasteiger partial charge in [0.2, 0.25) is 0 Å². The number of phosphoric acid groups is 1. The van der Waals surface area contributed by atoms with Gasteiger partial charge in [0.05, 0.1) is 12.9 Å². The molecular formula is C10H13O9PS. The van der Waals surface area contributed by atoms with E-state index in [2.05, 4.69) is 4.52 Å². The van der Waals surface area contributed by atoms with E-state index in [1.165, 1.54) is 19.2 Å². The maximum Gasteiger partial charge on any atom is 0.524 e. The lowest BCUT2D eigenvalue weighted by Gasteiger charge is -2.12. The number of benzene rings is 1. The summed E-state index contributed by atoms with van der Waals surface area (Å²) in [7, 11) is -7.51. The fourth-order valence-corrected chi connectivity index (χ4v) is 3.07. The summed E-state index contributed by atoms with van der Waals surface area (Å²) >= 11 is 0. The van der Waals surface area contributed by atoms with Crippen LogP contribution in [-0.2, 0) is 24.9 Å². The van der Waals surface area contributed by atoms with Crippen LogP contribution >= 0.6 is 7.82 Å². The number of ether oxygens (including phenoxy) is 1. The molecule has 1 aromatic rings. The van der Waals surface area contributed by atoms with Gasteiger partial charge in [-0.05, 0) is 17.7 Å². The van der Waals surface area contributed by atoms with Crippen LogP contribution in [-0.4, -0.2) is 42.1 Å². The topological polar surface area (TPSA) is 147 Å². The van der Waals surface area contributed by atoms with E-state index in [9.17, 15) is 17.8 Å². The Balaban J connectivity index is 3.08. The number of rotatable bonds is 7. The second kappa shape index (κ2) is 6.44. The van der Waals surface area contributed by atoms with Crippen LogP contribution in [0.5, 0.6) is 11.5 Å². The first-order valence-corrected chi connectivity index (χ1v) is 8.72. The van der Waals surface area contributed by atoms with Gasteiger partial charge in [-0.25, -0.2) is 13.0 Å². The maximum absolute atomic E-state index is 11.6. The first kappa shape index (κ1) is 17.4. The third kappa shape index (κ3) is 6.13. The van der Waals surface area contributed by atoms with Gasteiger partial charge in [0.1, 0.15) is 5.75 Å². The van der Waals surface area contributed by atoms with Gasteiger partial charge >= 0.3 is 13.8 Å². The van der Waals surface area contributed by atoms with E-state index in [1.807, 2.05) is 0 Å². The van der Waals surface area contributed by atoms with Gasteiger partial charge in [0, 0.05) is 0 Å². The molecule has 0 unspecified atom stereocenters. The average Bonchev–Trinajstić information content (AvgIpc) is 2.24. The highest BCUT2D eigenvalue weighted by Crippen LogP contribution is 2.42. The number of phosphoric ester groups is 1. The third-order valence-electron chi connectivity index (χ3n) is 2.18. The highest BCUT2D eigenvalue weighted by atomic mass is 32.2. The Morgan fingerprint density at radius 3 is 2.38 bits per heavy atom. The Bertz CT molecular complexity index is 676. The van der Waals surface area contributed by atoms with Crippen molar-refractivity contribution in [2.75, 3.05) is 12.9 Å². The minimum atomic E-state index is -4.84. The van der Waals surface area contributed by atoms with Gasteiger partial charge in [-0.15, -0.1) is 0 Å². The molecule has 1 rings (SSSR count). The van der Waals surface area contributed by atoms with Crippen LogP contribution in [0.3, 0.4) is 0 Å². The number of aliphatic carboxylic acids is 1. The summed E-state index contributed by atoms with van der Waals surface area (Å²) in [5.41, 5.74) is 0.112. The molecule has 1 aromatic carbocycles. The molecule has 0 aliphatic rings. The lowest BCUT2D eigenvalue weighted by atomic mass is 10.2. The molecule has 0 aliphatic carbocycles. The van der Waals surface area contributed by atoms with Crippen molar-refractivity contribution in [2.45, 2.75) is 5.75 Å². The standard InChI is InChI=1S/C10H13O9PS/c1-18-8-3-2-7(4-9(8)19-20(13,14)15)5-21(16,17)6-10(11)12/h2-4H,5-6H2,1H3,(H,11,12)(H2,13,14,15). The monoisotopic (exact) mass is 340 g/mol. The Morgan fingerprint density at radius 2 is 1.90 bits per heavy atom. The summed E-state index contributed by atoms with van der Waals surface area (Å²) in [4.78, 5) is 28.0. The molecule has 0 atom stereocenters. The third-order valence-corrected chi connectivity index (χ3v) is 4.07. The Labute approximate surface area is 120 Å². The normalized spacial score (nSPS) is 12.0. The van der Waals surface area contributed by atoms with E-state index in [0.29, 0.717) is 0 Å².